The van der Waals surface area contributed by atoms with Gasteiger partial charge in [-0.05, 0) is 46.2 Å². The second-order valence-electron chi connectivity index (χ2n) is 4.52. The normalized spacial score (nSPS) is 27.7. The van der Waals surface area contributed by atoms with Crippen molar-refractivity contribution in [1.82, 2.24) is 5.32 Å². The molecule has 1 atom stereocenters. The van der Waals surface area contributed by atoms with E-state index in [1.165, 1.54) is 0 Å². The minimum absolute atomic E-state index is 0.0856. The van der Waals surface area contributed by atoms with E-state index in [0.29, 0.717) is 0 Å². The Labute approximate surface area is 91.0 Å². The highest BCUT2D eigenvalue weighted by atomic mass is 16.5. The molecule has 0 spiro atoms. The van der Waals surface area contributed by atoms with Crippen LogP contribution in [0.15, 0.2) is 0 Å². The second-order valence-corrected chi connectivity index (χ2v) is 4.52. The van der Waals surface area contributed by atoms with E-state index in [9.17, 15) is 4.79 Å². The summed E-state index contributed by atoms with van der Waals surface area (Å²) in [5.74, 6) is -0.766. The summed E-state index contributed by atoms with van der Waals surface area (Å²) in [5, 5.41) is 12.2. The van der Waals surface area contributed by atoms with E-state index >= 15 is 0 Å². The van der Waals surface area contributed by atoms with Crippen LogP contribution in [0.25, 0.3) is 0 Å². The lowest BCUT2D eigenvalue weighted by Crippen LogP contribution is -2.38. The molecule has 1 fully saturated rings. The molecule has 0 amide bonds. The summed E-state index contributed by atoms with van der Waals surface area (Å²) in [6, 6.07) is 0. The van der Waals surface area contributed by atoms with Gasteiger partial charge in [0, 0.05) is 0 Å². The van der Waals surface area contributed by atoms with Crippen molar-refractivity contribution in [1.29, 1.82) is 0 Å². The van der Waals surface area contributed by atoms with Gasteiger partial charge in [-0.1, -0.05) is 0 Å². The quantitative estimate of drug-likeness (QED) is 0.744. The lowest BCUT2D eigenvalue weighted by molar-refractivity contribution is -0.150. The fourth-order valence-electron chi connectivity index (χ4n) is 2.21. The van der Waals surface area contributed by atoms with Crippen LogP contribution in [-0.2, 0) is 9.53 Å². The first-order valence-electron chi connectivity index (χ1n) is 5.64. The third-order valence-electron chi connectivity index (χ3n) is 2.70. The molecule has 1 unspecified atom stereocenters. The smallest absolute Gasteiger partial charge is 0.306 e. The van der Waals surface area contributed by atoms with Gasteiger partial charge in [-0.3, -0.25) is 4.79 Å². The molecule has 1 saturated heterocycles. The number of carboxylic acid groups (broad SMARTS) is 1. The third kappa shape index (κ3) is 4.18. The second kappa shape index (κ2) is 5.47. The van der Waals surface area contributed by atoms with Gasteiger partial charge in [0.2, 0.25) is 0 Å². The van der Waals surface area contributed by atoms with Crippen molar-refractivity contribution < 1.29 is 14.6 Å². The number of aliphatic carboxylic acids is 1. The topological polar surface area (TPSA) is 58.6 Å². The summed E-state index contributed by atoms with van der Waals surface area (Å²) in [5.41, 5.74) is -0.455. The van der Waals surface area contributed by atoms with E-state index < -0.39 is 11.6 Å². The zero-order valence-electron chi connectivity index (χ0n) is 9.58. The lowest BCUT2D eigenvalue weighted by Gasteiger charge is -2.33. The average molecular weight is 215 g/mol. The average Bonchev–Trinajstić information content (AvgIpc) is 2.27. The van der Waals surface area contributed by atoms with Gasteiger partial charge in [0.15, 0.2) is 0 Å². The first kappa shape index (κ1) is 12.5. The number of carbonyl (C=O) groups is 1. The Kier molecular flexibility index (Phi) is 4.54. The van der Waals surface area contributed by atoms with Crippen molar-refractivity contribution in [2.24, 2.45) is 0 Å². The molecule has 0 bridgehead atoms. The monoisotopic (exact) mass is 215 g/mol. The van der Waals surface area contributed by atoms with E-state index in [0.717, 1.165) is 32.4 Å². The predicted octanol–water partition coefficient (Wildman–Crippen LogP) is 1.40. The van der Waals surface area contributed by atoms with E-state index in [1.54, 1.807) is 0 Å². The molecule has 1 heterocycles. The van der Waals surface area contributed by atoms with Crippen LogP contribution in [-0.4, -0.2) is 35.9 Å². The van der Waals surface area contributed by atoms with Crippen molar-refractivity contribution in [3.8, 4) is 0 Å². The molecular formula is C11H21NO3. The first-order valence-corrected chi connectivity index (χ1v) is 5.64. The number of hydrogen-bond donors (Lipinski definition) is 2. The Morgan fingerprint density at radius 3 is 2.80 bits per heavy atom. The van der Waals surface area contributed by atoms with E-state index in [1.807, 2.05) is 13.8 Å². The summed E-state index contributed by atoms with van der Waals surface area (Å²) < 4.78 is 5.85. The molecule has 0 radical (unpaired) electrons. The van der Waals surface area contributed by atoms with E-state index in [4.69, 9.17) is 9.84 Å². The molecule has 0 saturated carbocycles. The molecule has 0 aromatic rings. The van der Waals surface area contributed by atoms with Gasteiger partial charge in [0.1, 0.15) is 0 Å². The highest BCUT2D eigenvalue weighted by Gasteiger charge is 2.35. The minimum Gasteiger partial charge on any atom is -0.481 e. The van der Waals surface area contributed by atoms with Gasteiger partial charge < -0.3 is 15.2 Å². The van der Waals surface area contributed by atoms with Crippen LogP contribution in [0, 0.1) is 0 Å². The fourth-order valence-corrected chi connectivity index (χ4v) is 2.21. The van der Waals surface area contributed by atoms with Crippen LogP contribution in [0.2, 0.25) is 0 Å². The van der Waals surface area contributed by atoms with E-state index in [-0.39, 0.29) is 12.5 Å². The van der Waals surface area contributed by atoms with Gasteiger partial charge >= 0.3 is 5.97 Å². The lowest BCUT2D eigenvalue weighted by atomic mass is 9.90. The number of carboxylic acids is 1. The summed E-state index contributed by atoms with van der Waals surface area (Å²) in [6.07, 6.45) is 2.82. The Hall–Kier alpha value is -0.610. The Morgan fingerprint density at radius 2 is 2.20 bits per heavy atom. The van der Waals surface area contributed by atoms with Crippen molar-refractivity contribution in [2.75, 3.05) is 13.1 Å². The van der Waals surface area contributed by atoms with Crippen LogP contribution < -0.4 is 5.32 Å². The molecule has 4 nitrogen and oxygen atoms in total. The number of nitrogens with one attached hydrogen (secondary N) is 1. The van der Waals surface area contributed by atoms with Crippen LogP contribution in [0.4, 0.5) is 0 Å². The summed E-state index contributed by atoms with van der Waals surface area (Å²) in [7, 11) is 0. The molecule has 88 valence electrons. The zero-order chi connectivity index (χ0) is 11.3. The summed E-state index contributed by atoms with van der Waals surface area (Å²) >= 11 is 0. The Morgan fingerprint density at radius 1 is 1.47 bits per heavy atom. The fraction of sp³-hybridized carbons (Fsp3) is 0.909. The number of ether oxygens (including phenoxy) is 1. The van der Waals surface area contributed by atoms with Crippen LogP contribution >= 0.6 is 0 Å². The summed E-state index contributed by atoms with van der Waals surface area (Å²) in [4.78, 5) is 10.9. The van der Waals surface area contributed by atoms with Crippen molar-refractivity contribution in [2.45, 2.75) is 51.2 Å². The molecule has 15 heavy (non-hydrogen) atoms. The highest BCUT2D eigenvalue weighted by molar-refractivity contribution is 5.68. The molecule has 0 aliphatic carbocycles. The van der Waals surface area contributed by atoms with Crippen molar-refractivity contribution in [3.05, 3.63) is 0 Å². The number of rotatable bonds is 4. The van der Waals surface area contributed by atoms with Crippen LogP contribution in [0.3, 0.4) is 0 Å². The van der Waals surface area contributed by atoms with Gasteiger partial charge in [-0.2, -0.15) is 0 Å². The largest absolute Gasteiger partial charge is 0.481 e. The molecule has 1 aliphatic rings. The standard InChI is InChI=1S/C11H21NO3/c1-9(2)15-11(8-10(13)14)4-3-6-12-7-5-11/h9,12H,3-8H2,1-2H3,(H,13,14). The molecule has 0 aromatic heterocycles. The Balaban J connectivity index is 2.67. The molecule has 2 N–H and O–H groups in total. The van der Waals surface area contributed by atoms with Gasteiger partial charge in [-0.15, -0.1) is 0 Å². The minimum atomic E-state index is -0.766. The molecule has 4 heteroatoms. The third-order valence-corrected chi connectivity index (χ3v) is 2.70. The van der Waals surface area contributed by atoms with Crippen LogP contribution in [0.5, 0.6) is 0 Å². The maximum Gasteiger partial charge on any atom is 0.306 e. The highest BCUT2D eigenvalue weighted by Crippen LogP contribution is 2.29. The van der Waals surface area contributed by atoms with Gasteiger partial charge in [-0.25, -0.2) is 0 Å². The first-order chi connectivity index (χ1) is 7.04. The molecule has 1 rings (SSSR count). The van der Waals surface area contributed by atoms with Gasteiger partial charge in [0.05, 0.1) is 18.1 Å². The molecule has 0 aromatic carbocycles. The maximum absolute atomic E-state index is 10.9. The molecule has 1 aliphatic heterocycles. The summed E-state index contributed by atoms with van der Waals surface area (Å²) in [6.45, 7) is 5.73. The zero-order valence-corrected chi connectivity index (χ0v) is 9.58. The van der Waals surface area contributed by atoms with Crippen molar-refractivity contribution in [3.63, 3.8) is 0 Å². The predicted molar refractivity (Wildman–Crippen MR) is 57.9 cm³/mol. The SMILES string of the molecule is CC(C)OC1(CC(=O)O)CCCNCC1. The molecular weight excluding hydrogens is 194 g/mol. The van der Waals surface area contributed by atoms with Gasteiger partial charge in [0.25, 0.3) is 0 Å². The van der Waals surface area contributed by atoms with E-state index in [2.05, 4.69) is 5.32 Å². The van der Waals surface area contributed by atoms with Crippen molar-refractivity contribution >= 4 is 5.97 Å². The number of hydrogen-bond acceptors (Lipinski definition) is 3. The van der Waals surface area contributed by atoms with Crippen LogP contribution in [0.1, 0.15) is 39.5 Å². The Bertz CT molecular complexity index is 208. The maximum atomic E-state index is 10.9.